The van der Waals surface area contributed by atoms with Crippen LogP contribution < -0.4 is 4.90 Å². The minimum absolute atomic E-state index is 0.0505. The molecule has 1 aliphatic heterocycles. The topological polar surface area (TPSA) is 133 Å². The largest absolute Gasteiger partial charge is 0.507 e. The van der Waals surface area contributed by atoms with E-state index < -0.39 is 16.8 Å². The Balaban J connectivity index is 1.91. The van der Waals surface area contributed by atoms with Gasteiger partial charge in [0.2, 0.25) is 0 Å². The van der Waals surface area contributed by atoms with E-state index in [0.29, 0.717) is 5.69 Å². The van der Waals surface area contributed by atoms with Crippen LogP contribution in [0.3, 0.4) is 0 Å². The smallest absolute Gasteiger partial charge is 0.337 e. The number of carbonyl (C=O) groups excluding carboxylic acids is 1. The lowest BCUT2D eigenvalue weighted by molar-refractivity contribution is -0.384. The minimum atomic E-state index is -1.12. The van der Waals surface area contributed by atoms with Gasteiger partial charge in [-0.25, -0.2) is 4.79 Å². The Morgan fingerprint density at radius 3 is 2.68 bits per heavy atom. The first-order valence-corrected chi connectivity index (χ1v) is 8.65. The minimum Gasteiger partial charge on any atom is -0.507 e. The van der Waals surface area contributed by atoms with E-state index in [1.165, 1.54) is 23.1 Å². The number of phenols is 1. The summed E-state index contributed by atoms with van der Waals surface area (Å²) in [5.41, 5.74) is 0.284. The van der Waals surface area contributed by atoms with Crippen molar-refractivity contribution in [2.75, 3.05) is 11.9 Å². The molecule has 0 radical (unpaired) electrons. The van der Waals surface area contributed by atoms with Crippen molar-refractivity contribution in [2.24, 2.45) is 4.99 Å². The Morgan fingerprint density at radius 1 is 1.29 bits per heavy atom. The molecule has 0 spiro atoms. The maximum atomic E-state index is 12.2. The molecule has 0 fully saturated rings. The van der Waals surface area contributed by atoms with E-state index in [9.17, 15) is 29.9 Å². The van der Waals surface area contributed by atoms with Crippen LogP contribution in [-0.4, -0.2) is 39.2 Å². The molecule has 1 aliphatic rings. The molecule has 0 saturated heterocycles. The van der Waals surface area contributed by atoms with E-state index in [2.05, 4.69) is 4.99 Å². The number of nitro groups is 1. The number of hydrogen-bond acceptors (Lipinski definition) is 7. The fourth-order valence-electron chi connectivity index (χ4n) is 2.50. The Kier molecular flexibility index (Phi) is 5.14. The van der Waals surface area contributed by atoms with Crippen molar-refractivity contribution in [3.8, 4) is 5.75 Å². The Hall–Kier alpha value is -3.66. The fourth-order valence-corrected chi connectivity index (χ4v) is 3.38. The number of amidine groups is 1. The first-order valence-electron chi connectivity index (χ1n) is 7.84. The molecule has 1 heterocycles. The normalized spacial score (nSPS) is 14.8. The van der Waals surface area contributed by atoms with Gasteiger partial charge in [-0.1, -0.05) is 12.1 Å². The molecular formula is C18H13N3O6S. The quantitative estimate of drug-likeness (QED) is 0.455. The molecule has 1 amide bonds. The lowest BCUT2D eigenvalue weighted by Gasteiger charge is -2.19. The van der Waals surface area contributed by atoms with Crippen molar-refractivity contribution < 1.29 is 24.7 Å². The summed E-state index contributed by atoms with van der Waals surface area (Å²) in [4.78, 5) is 39.5. The lowest BCUT2D eigenvalue weighted by atomic mass is 10.1. The van der Waals surface area contributed by atoms with Crippen molar-refractivity contribution in [1.29, 1.82) is 0 Å². The van der Waals surface area contributed by atoms with Gasteiger partial charge in [-0.05, 0) is 36.0 Å². The highest BCUT2D eigenvalue weighted by Crippen LogP contribution is 2.35. The van der Waals surface area contributed by atoms with Crippen molar-refractivity contribution in [3.05, 3.63) is 68.6 Å². The first kappa shape index (κ1) is 19.1. The number of benzene rings is 2. The summed E-state index contributed by atoms with van der Waals surface area (Å²) in [5.74, 6) is -1.93. The number of thioether (sulfide) groups is 1. The number of nitro benzene ring substituents is 1. The van der Waals surface area contributed by atoms with Gasteiger partial charge in [0.05, 0.1) is 21.1 Å². The second kappa shape index (κ2) is 7.53. The number of aromatic carboxylic acids is 1. The highest BCUT2D eigenvalue weighted by atomic mass is 32.2. The van der Waals surface area contributed by atoms with Crippen molar-refractivity contribution >= 4 is 46.3 Å². The lowest BCUT2D eigenvalue weighted by Crippen LogP contribution is -2.24. The van der Waals surface area contributed by atoms with Crippen LogP contribution in [0.2, 0.25) is 0 Å². The summed E-state index contributed by atoms with van der Waals surface area (Å²) in [6.07, 6.45) is 1.31. The number of para-hydroxylation sites is 1. The Labute approximate surface area is 162 Å². The molecule has 2 aromatic carbocycles. The molecule has 2 N–H and O–H groups in total. The molecule has 10 heteroatoms. The standard InChI is InChI=1S/C18H13N3O6S/c1-20(13-5-3-2-4-12(13)17(24)25)18-19-16(23)15(28-18)9-10-8-11(21(26)27)6-7-14(10)22/h2-9,22H,1H3,(H,24,25)/b15-9-. The third-order valence-corrected chi connectivity index (χ3v) is 4.96. The number of carboxylic acids is 1. The van der Waals surface area contributed by atoms with Crippen molar-refractivity contribution in [1.82, 2.24) is 0 Å². The number of nitrogens with zero attached hydrogens (tertiary/aromatic N) is 3. The zero-order chi connectivity index (χ0) is 20.4. The highest BCUT2D eigenvalue weighted by Gasteiger charge is 2.27. The van der Waals surface area contributed by atoms with Crippen molar-refractivity contribution in [2.45, 2.75) is 0 Å². The number of aromatic hydroxyl groups is 1. The second-order valence-corrected chi connectivity index (χ2v) is 6.70. The molecule has 3 rings (SSSR count). The number of amides is 1. The van der Waals surface area contributed by atoms with Gasteiger partial charge in [-0.3, -0.25) is 14.9 Å². The van der Waals surface area contributed by atoms with E-state index in [4.69, 9.17) is 0 Å². The van der Waals surface area contributed by atoms with Gasteiger partial charge < -0.3 is 15.1 Å². The third-order valence-electron chi connectivity index (χ3n) is 3.90. The number of phenolic OH excluding ortho intramolecular Hbond substituents is 1. The predicted octanol–water partition coefficient (Wildman–Crippen LogP) is 3.11. The van der Waals surface area contributed by atoms with Gasteiger partial charge in [-0.2, -0.15) is 4.99 Å². The molecule has 0 saturated carbocycles. The van der Waals surface area contributed by atoms with Crippen LogP contribution in [0.25, 0.3) is 6.08 Å². The molecular weight excluding hydrogens is 386 g/mol. The molecule has 9 nitrogen and oxygen atoms in total. The van der Waals surface area contributed by atoms with Gasteiger partial charge in [0.15, 0.2) is 5.17 Å². The molecule has 0 unspecified atom stereocenters. The van der Waals surface area contributed by atoms with Crippen LogP contribution in [0.5, 0.6) is 5.75 Å². The van der Waals surface area contributed by atoms with Crippen LogP contribution in [-0.2, 0) is 4.79 Å². The summed E-state index contributed by atoms with van der Waals surface area (Å²) in [6.45, 7) is 0. The van der Waals surface area contributed by atoms with E-state index in [0.717, 1.165) is 23.9 Å². The average molecular weight is 399 g/mol. The molecule has 2 aromatic rings. The van der Waals surface area contributed by atoms with Gasteiger partial charge >= 0.3 is 5.97 Å². The number of hydrogen-bond donors (Lipinski definition) is 2. The maximum Gasteiger partial charge on any atom is 0.337 e. The fraction of sp³-hybridized carbons (Fsp3) is 0.0556. The van der Waals surface area contributed by atoms with Gasteiger partial charge in [0.25, 0.3) is 11.6 Å². The van der Waals surface area contributed by atoms with Gasteiger partial charge in [0, 0.05) is 24.7 Å². The molecule has 0 bridgehead atoms. The number of aliphatic imine (C=N–C) groups is 1. The summed E-state index contributed by atoms with van der Waals surface area (Å²) in [7, 11) is 1.58. The predicted molar refractivity (Wildman–Crippen MR) is 105 cm³/mol. The van der Waals surface area contributed by atoms with Crippen LogP contribution in [0, 0.1) is 10.1 Å². The van der Waals surface area contributed by atoms with Gasteiger partial charge in [-0.15, -0.1) is 0 Å². The monoisotopic (exact) mass is 399 g/mol. The maximum absolute atomic E-state index is 12.2. The number of rotatable bonds is 4. The SMILES string of the molecule is CN(C1=NC(=O)/C(=C/c2cc([N+](=O)[O-])ccc2O)S1)c1ccccc1C(=O)O. The van der Waals surface area contributed by atoms with Gasteiger partial charge in [0.1, 0.15) is 5.75 Å². The zero-order valence-electron chi connectivity index (χ0n) is 14.4. The third kappa shape index (κ3) is 3.71. The number of carbonyl (C=O) groups is 2. The Bertz CT molecular complexity index is 1060. The van der Waals surface area contributed by atoms with Crippen molar-refractivity contribution in [3.63, 3.8) is 0 Å². The number of carboxylic acid groups (broad SMARTS) is 1. The van der Waals surface area contributed by atoms with Crippen LogP contribution in [0.15, 0.2) is 52.4 Å². The highest BCUT2D eigenvalue weighted by molar-refractivity contribution is 8.18. The second-order valence-electron chi connectivity index (χ2n) is 5.69. The first-order chi connectivity index (χ1) is 13.3. The summed E-state index contributed by atoms with van der Waals surface area (Å²) in [5, 5.41) is 30.4. The number of anilines is 1. The van der Waals surface area contributed by atoms with E-state index in [1.54, 1.807) is 25.2 Å². The zero-order valence-corrected chi connectivity index (χ0v) is 15.2. The Morgan fingerprint density at radius 2 is 2.00 bits per heavy atom. The molecule has 0 aliphatic carbocycles. The van der Waals surface area contributed by atoms with Crippen LogP contribution in [0.4, 0.5) is 11.4 Å². The summed E-state index contributed by atoms with van der Waals surface area (Å²) in [6, 6.07) is 9.76. The molecule has 0 aromatic heterocycles. The number of non-ortho nitro benzene ring substituents is 1. The summed E-state index contributed by atoms with van der Waals surface area (Å²) >= 11 is 0.974. The van der Waals surface area contributed by atoms with Crippen LogP contribution in [0.1, 0.15) is 15.9 Å². The van der Waals surface area contributed by atoms with Crippen LogP contribution >= 0.6 is 11.8 Å². The molecule has 142 valence electrons. The average Bonchev–Trinajstić information content (AvgIpc) is 3.03. The van der Waals surface area contributed by atoms with E-state index in [-0.39, 0.29) is 32.6 Å². The molecule has 28 heavy (non-hydrogen) atoms. The van der Waals surface area contributed by atoms with E-state index in [1.807, 2.05) is 0 Å². The molecule has 0 atom stereocenters. The summed E-state index contributed by atoms with van der Waals surface area (Å²) < 4.78 is 0. The van der Waals surface area contributed by atoms with E-state index >= 15 is 0 Å².